The van der Waals surface area contributed by atoms with E-state index in [1.165, 1.54) is 0 Å². The predicted octanol–water partition coefficient (Wildman–Crippen LogP) is -0.449. The van der Waals surface area contributed by atoms with Crippen molar-refractivity contribution in [1.29, 1.82) is 10.8 Å². The number of nitrogens with one attached hydrogen (secondary N) is 4. The van der Waals surface area contributed by atoms with Crippen LogP contribution in [0.3, 0.4) is 0 Å². The van der Waals surface area contributed by atoms with E-state index in [1.54, 1.807) is 0 Å². The summed E-state index contributed by atoms with van der Waals surface area (Å²) in [4.78, 5) is 10.2. The van der Waals surface area contributed by atoms with E-state index in [4.69, 9.17) is 33.7 Å². The maximum absolute atomic E-state index is 12.5. The molecule has 6 N–H and O–H groups in total. The number of ether oxygens (including phenoxy) is 1. The highest BCUT2D eigenvalue weighted by Gasteiger charge is 2.72. The van der Waals surface area contributed by atoms with Gasteiger partial charge in [0, 0.05) is 11.8 Å². The average molecular weight is 454 g/mol. The molecule has 164 valence electrons. The van der Waals surface area contributed by atoms with E-state index in [0.29, 0.717) is 6.42 Å². The second-order valence-electron chi connectivity index (χ2n) is 7.58. The molecule has 2 saturated heterocycles. The topological polar surface area (TPSA) is 193 Å². The van der Waals surface area contributed by atoms with Crippen molar-refractivity contribution in [2.45, 2.75) is 49.5 Å². The number of phosphoric acid groups is 1. The lowest BCUT2D eigenvalue weighted by molar-refractivity contribution is -0.0367. The Bertz CT molecular complexity index is 744. The molecule has 0 radical (unpaired) electrons. The first-order valence-corrected chi connectivity index (χ1v) is 11.8. The van der Waals surface area contributed by atoms with E-state index in [1.807, 2.05) is 0 Å². The molecule has 2 bridgehead atoms. The van der Waals surface area contributed by atoms with Crippen molar-refractivity contribution in [3.05, 3.63) is 0 Å². The van der Waals surface area contributed by atoms with E-state index in [-0.39, 0.29) is 25.6 Å². The molecule has 13 nitrogen and oxygen atoms in total. The highest BCUT2D eigenvalue weighted by molar-refractivity contribution is 7.47. The fraction of sp³-hybridized carbons (Fsp3) is 0.857. The lowest BCUT2D eigenvalue weighted by atomic mass is 10.0. The van der Waals surface area contributed by atoms with Crippen LogP contribution in [0.15, 0.2) is 0 Å². The van der Waals surface area contributed by atoms with Gasteiger partial charge in [-0.2, -0.15) is 0 Å². The van der Waals surface area contributed by atoms with E-state index in [2.05, 4.69) is 10.6 Å². The van der Waals surface area contributed by atoms with Crippen molar-refractivity contribution in [2.75, 3.05) is 13.2 Å². The van der Waals surface area contributed by atoms with Crippen molar-refractivity contribution in [2.24, 2.45) is 11.3 Å². The predicted molar refractivity (Wildman–Crippen MR) is 97.9 cm³/mol. The van der Waals surface area contributed by atoms with Gasteiger partial charge in [0.05, 0.1) is 38.0 Å². The summed E-state index contributed by atoms with van der Waals surface area (Å²) >= 11 is 0. The molecule has 2 heterocycles. The van der Waals surface area contributed by atoms with Crippen molar-refractivity contribution < 1.29 is 42.0 Å². The Kier molecular flexibility index (Phi) is 5.88. The smallest absolute Gasteiger partial charge is 0.388 e. The van der Waals surface area contributed by atoms with Crippen LogP contribution in [0.2, 0.25) is 0 Å². The van der Waals surface area contributed by atoms with Crippen LogP contribution in [0, 0.1) is 22.2 Å². The molecule has 2 aliphatic carbocycles. The molecule has 15 heteroatoms. The zero-order valence-corrected chi connectivity index (χ0v) is 17.1. The summed E-state index contributed by atoms with van der Waals surface area (Å²) in [6, 6.07) is -0.538. The first kappa shape index (κ1) is 21.4. The number of hydrogen-bond acceptors (Lipinski definition) is 10. The largest absolute Gasteiger partial charge is 0.472 e. The summed E-state index contributed by atoms with van der Waals surface area (Å²) in [7, 11) is -7.52. The second kappa shape index (κ2) is 7.99. The molecule has 2 saturated carbocycles. The molecule has 4 fully saturated rings. The molecule has 0 aromatic rings. The number of aliphatic hydroxyl groups excluding tert-OH is 1. The van der Waals surface area contributed by atoms with Gasteiger partial charge >= 0.3 is 16.1 Å². The van der Waals surface area contributed by atoms with Crippen molar-refractivity contribution in [3.8, 4) is 0 Å². The molecule has 0 amide bonds. The van der Waals surface area contributed by atoms with E-state index in [0.717, 1.165) is 12.7 Å². The van der Waals surface area contributed by atoms with Gasteiger partial charge in [0.2, 0.25) is 0 Å². The Hall–Kier alpha value is -0.880. The lowest BCUT2D eigenvalue weighted by Gasteiger charge is -2.28. The molecule has 4 rings (SSSR count). The third-order valence-corrected chi connectivity index (χ3v) is 7.77. The number of phosphoric ester groups is 1. The van der Waals surface area contributed by atoms with Gasteiger partial charge < -0.3 is 34.4 Å². The first-order valence-electron chi connectivity index (χ1n) is 9.12. The SMILES string of the molecule is N=CN[C@H]1[C@H](O)[C@@H]2O[PH](=O)OC[C@@H]3C[C@@H](OP(=O)(O)OCC24C[C@H]14)[C@H](NC=N)O3. The molecule has 1 spiro atoms. The maximum atomic E-state index is 12.5. The summed E-state index contributed by atoms with van der Waals surface area (Å²) in [6.07, 6.45) is -1.97. The van der Waals surface area contributed by atoms with Crippen molar-refractivity contribution in [3.63, 3.8) is 0 Å². The van der Waals surface area contributed by atoms with Crippen LogP contribution in [0.5, 0.6) is 0 Å². The van der Waals surface area contributed by atoms with Crippen LogP contribution in [0.25, 0.3) is 0 Å². The molecule has 0 aromatic carbocycles. The molecule has 4 aliphatic rings. The fourth-order valence-corrected chi connectivity index (χ4v) is 6.52. The van der Waals surface area contributed by atoms with E-state index >= 15 is 0 Å². The normalized spacial score (nSPS) is 52.1. The molecular weight excluding hydrogens is 430 g/mol. The van der Waals surface area contributed by atoms with Crippen LogP contribution >= 0.6 is 16.1 Å². The summed E-state index contributed by atoms with van der Waals surface area (Å²) in [5.41, 5.74) is -0.846. The van der Waals surface area contributed by atoms with E-state index in [9.17, 15) is 19.1 Å². The van der Waals surface area contributed by atoms with Gasteiger partial charge in [0.15, 0.2) is 6.23 Å². The summed E-state index contributed by atoms with van der Waals surface area (Å²) in [5, 5.41) is 30.3. The fourth-order valence-electron chi connectivity index (χ4n) is 4.54. The third kappa shape index (κ3) is 4.04. The second-order valence-corrected chi connectivity index (χ2v) is 10.0. The van der Waals surface area contributed by atoms with Crippen LogP contribution in [0.1, 0.15) is 12.8 Å². The van der Waals surface area contributed by atoms with Crippen LogP contribution in [0.4, 0.5) is 0 Å². The highest BCUT2D eigenvalue weighted by atomic mass is 31.2. The van der Waals surface area contributed by atoms with Crippen molar-refractivity contribution >= 4 is 28.8 Å². The lowest BCUT2D eigenvalue weighted by Crippen LogP contribution is -2.44. The molecule has 3 unspecified atom stereocenters. The zero-order valence-electron chi connectivity index (χ0n) is 15.2. The van der Waals surface area contributed by atoms with Gasteiger partial charge in [-0.3, -0.25) is 24.4 Å². The molecule has 10 atom stereocenters. The Morgan fingerprint density at radius 3 is 2.76 bits per heavy atom. The Balaban J connectivity index is 1.56. The van der Waals surface area contributed by atoms with Gasteiger partial charge in [0.25, 0.3) is 0 Å². The number of rotatable bonds is 4. The number of aliphatic hydroxyl groups is 1. The first-order chi connectivity index (χ1) is 13.8. The molecule has 29 heavy (non-hydrogen) atoms. The average Bonchev–Trinajstić information content (AvgIpc) is 3.21. The minimum Gasteiger partial charge on any atom is -0.388 e. The van der Waals surface area contributed by atoms with Crippen LogP contribution in [-0.2, 0) is 32.0 Å². The summed E-state index contributed by atoms with van der Waals surface area (Å²) < 4.78 is 51.8. The summed E-state index contributed by atoms with van der Waals surface area (Å²) in [5.74, 6) is -0.198. The van der Waals surface area contributed by atoms with Gasteiger partial charge in [-0.25, -0.2) is 4.57 Å². The Morgan fingerprint density at radius 1 is 1.28 bits per heavy atom. The van der Waals surface area contributed by atoms with Crippen molar-refractivity contribution in [1.82, 2.24) is 10.6 Å². The quantitative estimate of drug-likeness (QED) is 0.183. The monoisotopic (exact) mass is 454 g/mol. The Morgan fingerprint density at radius 2 is 2.03 bits per heavy atom. The van der Waals surface area contributed by atoms with Crippen LogP contribution < -0.4 is 10.6 Å². The molecule has 2 aliphatic heterocycles. The van der Waals surface area contributed by atoms with Crippen LogP contribution in [-0.4, -0.2) is 72.6 Å². The molecular formula is C14H24N4O9P2. The van der Waals surface area contributed by atoms with Gasteiger partial charge in [-0.15, -0.1) is 0 Å². The standard InChI is InChI=1S/C14H24N4O9P2/c15-5-17-10-8-2-14(8)4-24-29(21,22)27-9-1-7(25-13(9)18-6-16)3-23-28(20)26-12(14)11(10)19/h5-13,19,28H,1-4H2,(H2,15,17)(H2,16,18)(H,21,22)/t7-,8+,9+,10+,11-,12-,13+,14?/m0/s1. The zero-order chi connectivity index (χ0) is 20.8. The van der Waals surface area contributed by atoms with Gasteiger partial charge in [-0.1, -0.05) is 0 Å². The minimum absolute atomic E-state index is 0.119. The number of fused-ring (bicyclic) bond motifs is 2. The van der Waals surface area contributed by atoms with E-state index < -0.39 is 58.2 Å². The maximum Gasteiger partial charge on any atom is 0.472 e. The van der Waals surface area contributed by atoms with Gasteiger partial charge in [0.1, 0.15) is 18.3 Å². The molecule has 0 aromatic heterocycles. The Labute approximate surface area is 167 Å². The minimum atomic E-state index is -4.50. The summed E-state index contributed by atoms with van der Waals surface area (Å²) in [6.45, 7) is -0.385. The highest BCUT2D eigenvalue weighted by Crippen LogP contribution is 2.67. The number of hydrogen-bond donors (Lipinski definition) is 6. The van der Waals surface area contributed by atoms with Gasteiger partial charge in [-0.05, 0) is 12.3 Å². The third-order valence-electron chi connectivity index (χ3n) is 5.93.